The maximum absolute atomic E-state index is 14.2. The van der Waals surface area contributed by atoms with Gasteiger partial charge in [0.25, 0.3) is 11.8 Å². The van der Waals surface area contributed by atoms with Crippen molar-refractivity contribution in [3.05, 3.63) is 35.9 Å². The summed E-state index contributed by atoms with van der Waals surface area (Å²) in [5, 5.41) is 10.4. The molecule has 3 heterocycles. The van der Waals surface area contributed by atoms with Gasteiger partial charge in [-0.05, 0) is 77.0 Å². The van der Waals surface area contributed by atoms with Gasteiger partial charge in [-0.25, -0.2) is 19.8 Å². The molecule has 0 unspecified atom stereocenters. The molecule has 0 radical (unpaired) electrons. The van der Waals surface area contributed by atoms with Crippen molar-refractivity contribution in [2.24, 2.45) is 11.7 Å². The third-order valence-electron chi connectivity index (χ3n) is 8.12. The number of hydrogen-bond acceptors (Lipinski definition) is 9. The first-order chi connectivity index (χ1) is 18.3. The van der Waals surface area contributed by atoms with Crippen LogP contribution in [0.5, 0.6) is 11.6 Å². The summed E-state index contributed by atoms with van der Waals surface area (Å²) in [7, 11) is 0. The van der Waals surface area contributed by atoms with Gasteiger partial charge >= 0.3 is 0 Å². The first-order valence-electron chi connectivity index (χ1n) is 13.8. The summed E-state index contributed by atoms with van der Waals surface area (Å²) in [6, 6.07) is 4.27. The minimum absolute atomic E-state index is 0.0367. The van der Waals surface area contributed by atoms with Crippen LogP contribution >= 0.6 is 0 Å². The Hall–Kier alpha value is -2.89. The number of hydrazine groups is 1. The smallest absolute Gasteiger partial charge is 0.282 e. The molecule has 0 bridgehead atoms. The maximum Gasteiger partial charge on any atom is 0.282 e. The van der Waals surface area contributed by atoms with Gasteiger partial charge in [0.15, 0.2) is 5.82 Å². The molecular weight excluding hydrogens is 487 g/mol. The van der Waals surface area contributed by atoms with E-state index >= 15 is 0 Å². The molecule has 1 amide bonds. The van der Waals surface area contributed by atoms with Crippen molar-refractivity contribution < 1.29 is 13.9 Å². The lowest BCUT2D eigenvalue weighted by Gasteiger charge is -2.54. The van der Waals surface area contributed by atoms with Crippen LogP contribution in [-0.4, -0.2) is 81.3 Å². The number of amides is 1. The SMILES string of the molecule is CCN(C(=O)c1cc(F)ccc1Oc1nncnc1N1CC[C@H](CN2CC3(CCC(N)CC3)N2)C1)C(C)C. The second-order valence-electron chi connectivity index (χ2n) is 11.2. The first kappa shape index (κ1) is 26.7. The average molecular weight is 527 g/mol. The molecule has 3 aliphatic rings. The van der Waals surface area contributed by atoms with E-state index in [1.165, 1.54) is 24.5 Å². The number of nitrogens with zero attached hydrogens (tertiary/aromatic N) is 6. The zero-order valence-corrected chi connectivity index (χ0v) is 22.6. The lowest BCUT2D eigenvalue weighted by atomic mass is 9.77. The molecule has 1 atom stereocenters. The second kappa shape index (κ2) is 11.1. The highest BCUT2D eigenvalue weighted by molar-refractivity contribution is 5.97. The van der Waals surface area contributed by atoms with Gasteiger partial charge in [0.05, 0.1) is 5.56 Å². The second-order valence-corrected chi connectivity index (χ2v) is 11.2. The van der Waals surface area contributed by atoms with Crippen molar-refractivity contribution in [2.75, 3.05) is 37.6 Å². The van der Waals surface area contributed by atoms with Gasteiger partial charge < -0.3 is 20.3 Å². The van der Waals surface area contributed by atoms with Gasteiger partial charge in [-0.1, -0.05) is 0 Å². The standard InChI is InChI=1S/C27H39FN8O2/c1-4-36(18(2)3)26(37)22-13-20(28)5-6-23(22)38-25-24(30-17-31-32-25)34-12-9-19(14-34)15-35-16-27(33-35)10-7-21(29)8-11-27/h5-6,13,17-19,21,33H,4,7-12,14-16,29H2,1-3H3/t19-,21?,27?/m0/s1. The Kier molecular flexibility index (Phi) is 7.78. The number of rotatable bonds is 8. The molecule has 38 heavy (non-hydrogen) atoms. The van der Waals surface area contributed by atoms with Crippen LogP contribution in [0.15, 0.2) is 24.5 Å². The van der Waals surface area contributed by atoms with Gasteiger partial charge in [-0.2, -0.15) is 0 Å². The quantitative estimate of drug-likeness (QED) is 0.536. The Balaban J connectivity index is 1.25. The molecule has 1 aliphatic carbocycles. The molecule has 3 N–H and O–H groups in total. The number of hydrogen-bond donors (Lipinski definition) is 2. The number of benzene rings is 1. The molecule has 10 nitrogen and oxygen atoms in total. The number of halogens is 1. The Morgan fingerprint density at radius 2 is 2.08 bits per heavy atom. The summed E-state index contributed by atoms with van der Waals surface area (Å²) in [6.45, 7) is 9.93. The van der Waals surface area contributed by atoms with E-state index in [2.05, 4.69) is 30.5 Å². The highest BCUT2D eigenvalue weighted by Crippen LogP contribution is 2.36. The number of carbonyl (C=O) groups is 1. The number of carbonyl (C=O) groups excluding carboxylic acids is 1. The predicted octanol–water partition coefficient (Wildman–Crippen LogP) is 2.96. The van der Waals surface area contributed by atoms with Crippen LogP contribution in [0.25, 0.3) is 0 Å². The number of nitrogens with two attached hydrogens (primary N) is 1. The van der Waals surface area contributed by atoms with Crippen molar-refractivity contribution in [3.63, 3.8) is 0 Å². The van der Waals surface area contributed by atoms with Crippen molar-refractivity contribution in [3.8, 4) is 11.6 Å². The van der Waals surface area contributed by atoms with E-state index in [0.29, 0.717) is 24.3 Å². The van der Waals surface area contributed by atoms with Crippen molar-refractivity contribution in [1.29, 1.82) is 0 Å². The molecule has 1 aromatic heterocycles. The minimum Gasteiger partial charge on any atom is -0.434 e. The Morgan fingerprint density at radius 3 is 2.79 bits per heavy atom. The summed E-state index contributed by atoms with van der Waals surface area (Å²) in [6.07, 6.45) is 6.91. The van der Waals surface area contributed by atoms with Crippen molar-refractivity contribution in [2.45, 2.75) is 70.5 Å². The first-order valence-corrected chi connectivity index (χ1v) is 13.8. The Morgan fingerprint density at radius 1 is 1.32 bits per heavy atom. The monoisotopic (exact) mass is 526 g/mol. The topological polar surface area (TPSA) is 113 Å². The minimum atomic E-state index is -0.502. The summed E-state index contributed by atoms with van der Waals surface area (Å²) < 4.78 is 20.3. The van der Waals surface area contributed by atoms with Gasteiger partial charge in [0, 0.05) is 50.3 Å². The van der Waals surface area contributed by atoms with E-state index in [0.717, 1.165) is 58.3 Å². The maximum atomic E-state index is 14.2. The average Bonchev–Trinajstić information content (AvgIpc) is 3.34. The number of ether oxygens (including phenoxy) is 1. The molecule has 3 fully saturated rings. The molecule has 206 valence electrons. The van der Waals surface area contributed by atoms with E-state index in [1.54, 1.807) is 4.90 Å². The fraction of sp³-hybridized carbons (Fsp3) is 0.630. The predicted molar refractivity (Wildman–Crippen MR) is 142 cm³/mol. The lowest BCUT2D eigenvalue weighted by Crippen LogP contribution is -2.73. The number of nitrogens with one attached hydrogen (secondary N) is 1. The van der Waals surface area contributed by atoms with Gasteiger partial charge in [-0.3, -0.25) is 4.79 Å². The molecule has 2 aliphatic heterocycles. The normalized spacial score (nSPS) is 25.6. The summed E-state index contributed by atoms with van der Waals surface area (Å²) in [5.41, 5.74) is 10.2. The molecular formula is C27H39FN8O2. The van der Waals surface area contributed by atoms with Crippen molar-refractivity contribution >= 4 is 11.7 Å². The van der Waals surface area contributed by atoms with Gasteiger partial charge in [0.2, 0.25) is 0 Å². The Bertz CT molecular complexity index is 1130. The van der Waals surface area contributed by atoms with E-state index in [1.807, 2.05) is 20.8 Å². The third kappa shape index (κ3) is 5.60. The fourth-order valence-electron chi connectivity index (χ4n) is 6.05. The molecule has 2 saturated heterocycles. The van der Waals surface area contributed by atoms with Crippen LogP contribution < -0.4 is 20.8 Å². The van der Waals surface area contributed by atoms with Crippen LogP contribution in [0.1, 0.15) is 63.2 Å². The molecule has 1 spiro atoms. The number of aromatic nitrogens is 3. The summed E-state index contributed by atoms with van der Waals surface area (Å²) in [5.74, 6) is 0.698. The van der Waals surface area contributed by atoms with E-state index in [-0.39, 0.29) is 34.7 Å². The van der Waals surface area contributed by atoms with Crippen molar-refractivity contribution in [1.82, 2.24) is 30.5 Å². The number of anilines is 1. The largest absolute Gasteiger partial charge is 0.434 e. The van der Waals surface area contributed by atoms with Crippen LogP contribution in [0.3, 0.4) is 0 Å². The summed E-state index contributed by atoms with van der Waals surface area (Å²) in [4.78, 5) is 21.5. The molecule has 5 rings (SSSR count). The van der Waals surface area contributed by atoms with Crippen LogP contribution in [0.4, 0.5) is 10.2 Å². The lowest BCUT2D eigenvalue weighted by molar-refractivity contribution is -0.0632. The molecule has 1 aromatic carbocycles. The highest BCUT2D eigenvalue weighted by Gasteiger charge is 2.45. The van der Waals surface area contributed by atoms with Crippen LogP contribution in [-0.2, 0) is 0 Å². The van der Waals surface area contributed by atoms with E-state index in [9.17, 15) is 9.18 Å². The highest BCUT2D eigenvalue weighted by atomic mass is 19.1. The zero-order valence-electron chi connectivity index (χ0n) is 22.6. The van der Waals surface area contributed by atoms with Gasteiger partial charge in [0.1, 0.15) is 17.9 Å². The fourth-order valence-corrected chi connectivity index (χ4v) is 6.05. The van der Waals surface area contributed by atoms with E-state index < -0.39 is 5.82 Å². The molecule has 2 aromatic rings. The third-order valence-corrected chi connectivity index (χ3v) is 8.12. The zero-order chi connectivity index (χ0) is 26.9. The Labute approximate surface area is 223 Å². The van der Waals surface area contributed by atoms with E-state index in [4.69, 9.17) is 10.5 Å². The van der Waals surface area contributed by atoms with Crippen LogP contribution in [0, 0.1) is 11.7 Å². The van der Waals surface area contributed by atoms with Crippen LogP contribution in [0.2, 0.25) is 0 Å². The molecule has 1 saturated carbocycles. The molecule has 11 heteroatoms. The summed E-state index contributed by atoms with van der Waals surface area (Å²) >= 11 is 0. The van der Waals surface area contributed by atoms with Gasteiger partial charge in [-0.15, -0.1) is 10.2 Å².